The van der Waals surface area contributed by atoms with Crippen LogP contribution in [0.1, 0.15) is 51.3 Å². The maximum Gasteiger partial charge on any atom is 0.310 e. The van der Waals surface area contributed by atoms with Gasteiger partial charge in [0.15, 0.2) is 0 Å². The van der Waals surface area contributed by atoms with Gasteiger partial charge in [0.05, 0.1) is 5.92 Å². The number of benzene rings is 2. The number of carboxylic acid groups (broad SMARTS) is 1. The Hall–Kier alpha value is -2.75. The molecule has 0 atom stereocenters. The van der Waals surface area contributed by atoms with E-state index in [9.17, 15) is 4.79 Å². The van der Waals surface area contributed by atoms with Gasteiger partial charge in [-0.25, -0.2) is 0 Å². The molecule has 0 saturated carbocycles. The van der Waals surface area contributed by atoms with Crippen molar-refractivity contribution in [3.05, 3.63) is 65.2 Å². The van der Waals surface area contributed by atoms with E-state index in [1.54, 1.807) is 0 Å². The van der Waals surface area contributed by atoms with Crippen LogP contribution in [-0.2, 0) is 10.2 Å². The van der Waals surface area contributed by atoms with Crippen molar-refractivity contribution in [1.82, 2.24) is 0 Å². The zero-order chi connectivity index (χ0) is 21.0. The summed E-state index contributed by atoms with van der Waals surface area (Å²) in [6.07, 6.45) is 2.18. The van der Waals surface area contributed by atoms with Crippen LogP contribution in [-0.4, -0.2) is 29.8 Å². The van der Waals surface area contributed by atoms with Gasteiger partial charge in [-0.2, -0.15) is 0 Å². The molecule has 0 spiro atoms. The van der Waals surface area contributed by atoms with E-state index in [-0.39, 0.29) is 11.3 Å². The van der Waals surface area contributed by atoms with Gasteiger partial charge in [0.1, 0.15) is 11.4 Å². The second-order valence-electron chi connectivity index (χ2n) is 9.71. The van der Waals surface area contributed by atoms with Crippen LogP contribution < -0.4 is 9.64 Å². The summed E-state index contributed by atoms with van der Waals surface area (Å²) >= 11 is 0. The predicted molar refractivity (Wildman–Crippen MR) is 117 cm³/mol. The van der Waals surface area contributed by atoms with E-state index in [1.165, 1.54) is 5.56 Å². The van der Waals surface area contributed by atoms with Crippen LogP contribution in [0.2, 0.25) is 0 Å². The first kappa shape index (κ1) is 19.6. The molecule has 1 saturated heterocycles. The number of rotatable bonds is 3. The molecule has 1 N–H and O–H groups in total. The van der Waals surface area contributed by atoms with Gasteiger partial charge >= 0.3 is 5.97 Å². The average Bonchev–Trinajstić information content (AvgIpc) is 2.57. The third-order valence-corrected chi connectivity index (χ3v) is 5.76. The van der Waals surface area contributed by atoms with E-state index in [2.05, 4.69) is 82.0 Å². The van der Waals surface area contributed by atoms with E-state index in [0.717, 1.165) is 28.1 Å². The Morgan fingerprint density at radius 1 is 1.14 bits per heavy atom. The van der Waals surface area contributed by atoms with Crippen molar-refractivity contribution in [3.63, 3.8) is 0 Å². The van der Waals surface area contributed by atoms with Crippen LogP contribution in [0.5, 0.6) is 5.75 Å². The predicted octanol–water partition coefficient (Wildman–Crippen LogP) is 5.11. The van der Waals surface area contributed by atoms with Crippen LogP contribution in [0, 0.1) is 5.92 Å². The van der Waals surface area contributed by atoms with Gasteiger partial charge in [0.25, 0.3) is 0 Å². The first-order valence-electron chi connectivity index (χ1n) is 10.2. The zero-order valence-electron chi connectivity index (χ0n) is 17.8. The van der Waals surface area contributed by atoms with Crippen LogP contribution in [0.4, 0.5) is 5.69 Å². The van der Waals surface area contributed by atoms with Crippen molar-refractivity contribution >= 4 is 17.2 Å². The van der Waals surface area contributed by atoms with E-state index in [4.69, 9.17) is 9.84 Å². The lowest BCUT2D eigenvalue weighted by Crippen LogP contribution is -2.50. The molecule has 2 aromatic rings. The van der Waals surface area contributed by atoms with Crippen molar-refractivity contribution in [1.29, 1.82) is 0 Å². The minimum absolute atomic E-state index is 0.0575. The number of ether oxygens (including phenoxy) is 1. The number of carboxylic acids is 1. The number of aliphatic carboxylic acids is 1. The summed E-state index contributed by atoms with van der Waals surface area (Å²) < 4.78 is 6.31. The molecule has 0 bridgehead atoms. The smallest absolute Gasteiger partial charge is 0.310 e. The quantitative estimate of drug-likeness (QED) is 0.790. The van der Waals surface area contributed by atoms with Crippen LogP contribution in [0.25, 0.3) is 5.57 Å². The van der Waals surface area contributed by atoms with Gasteiger partial charge in [0, 0.05) is 24.3 Å². The van der Waals surface area contributed by atoms with Crippen molar-refractivity contribution in [2.45, 2.75) is 45.6 Å². The Kier molecular flexibility index (Phi) is 4.49. The summed E-state index contributed by atoms with van der Waals surface area (Å²) in [7, 11) is 0. The molecule has 2 aromatic carbocycles. The van der Waals surface area contributed by atoms with Crippen molar-refractivity contribution < 1.29 is 14.6 Å². The molecule has 0 radical (unpaired) electrons. The van der Waals surface area contributed by atoms with Crippen LogP contribution in [0.3, 0.4) is 0 Å². The largest absolute Gasteiger partial charge is 0.483 e. The maximum atomic E-state index is 11.1. The Bertz CT molecular complexity index is 991. The molecule has 0 amide bonds. The summed E-state index contributed by atoms with van der Waals surface area (Å²) in [5, 5.41) is 9.15. The molecule has 1 fully saturated rings. The lowest BCUT2D eigenvalue weighted by molar-refractivity contribution is -0.142. The molecule has 4 rings (SSSR count). The summed E-state index contributed by atoms with van der Waals surface area (Å²) in [5.74, 6) is -0.0634. The SMILES string of the molecule is CC1(C)C=C(c2cccc(N3CC(C(=O)O)C3)c2)c2ccc(C(C)(C)C)cc2O1. The monoisotopic (exact) mass is 391 g/mol. The fraction of sp³-hybridized carbons (Fsp3) is 0.400. The highest BCUT2D eigenvalue weighted by molar-refractivity contribution is 5.86. The van der Waals surface area contributed by atoms with E-state index in [0.29, 0.717) is 13.1 Å². The minimum Gasteiger partial charge on any atom is -0.483 e. The lowest BCUT2D eigenvalue weighted by Gasteiger charge is -2.39. The number of hydrogen-bond acceptors (Lipinski definition) is 3. The molecule has 0 aliphatic carbocycles. The topological polar surface area (TPSA) is 49.8 Å². The summed E-state index contributed by atoms with van der Waals surface area (Å²) in [6, 6.07) is 14.9. The first-order valence-corrected chi connectivity index (χ1v) is 10.2. The summed E-state index contributed by atoms with van der Waals surface area (Å²) in [5.41, 5.74) is 5.36. The fourth-order valence-corrected chi connectivity index (χ4v) is 3.99. The molecule has 2 aliphatic heterocycles. The molecule has 2 heterocycles. The lowest BCUT2D eigenvalue weighted by atomic mass is 9.83. The summed E-state index contributed by atoms with van der Waals surface area (Å²) in [6.45, 7) is 11.9. The minimum atomic E-state index is -0.713. The van der Waals surface area contributed by atoms with Crippen LogP contribution >= 0.6 is 0 Å². The van der Waals surface area contributed by atoms with E-state index < -0.39 is 11.6 Å². The number of fused-ring (bicyclic) bond motifs is 1. The Labute approximate surface area is 172 Å². The third-order valence-electron chi connectivity index (χ3n) is 5.76. The van der Waals surface area contributed by atoms with Gasteiger partial charge in [-0.3, -0.25) is 4.79 Å². The molecular formula is C25H29NO3. The fourth-order valence-electron chi connectivity index (χ4n) is 3.99. The van der Waals surface area contributed by atoms with Crippen molar-refractivity contribution in [2.75, 3.05) is 18.0 Å². The van der Waals surface area contributed by atoms with Gasteiger partial charge < -0.3 is 14.7 Å². The number of nitrogens with zero attached hydrogens (tertiary/aromatic N) is 1. The van der Waals surface area contributed by atoms with Crippen LogP contribution in [0.15, 0.2) is 48.5 Å². The van der Waals surface area contributed by atoms with Gasteiger partial charge in [-0.1, -0.05) is 45.0 Å². The first-order chi connectivity index (χ1) is 13.5. The Morgan fingerprint density at radius 2 is 1.86 bits per heavy atom. The van der Waals surface area contributed by atoms with Gasteiger partial charge in [-0.15, -0.1) is 0 Å². The molecule has 0 unspecified atom stereocenters. The highest BCUT2D eigenvalue weighted by Crippen LogP contribution is 2.42. The highest BCUT2D eigenvalue weighted by Gasteiger charge is 2.33. The Balaban J connectivity index is 1.71. The normalized spacial score (nSPS) is 18.4. The second kappa shape index (κ2) is 6.65. The number of hydrogen-bond donors (Lipinski definition) is 1. The van der Waals surface area contributed by atoms with Gasteiger partial charge in [0.2, 0.25) is 0 Å². The maximum absolute atomic E-state index is 11.1. The van der Waals surface area contributed by atoms with Gasteiger partial charge in [-0.05, 0) is 60.2 Å². The molecular weight excluding hydrogens is 362 g/mol. The average molecular weight is 392 g/mol. The van der Waals surface area contributed by atoms with E-state index in [1.807, 2.05) is 6.07 Å². The highest BCUT2D eigenvalue weighted by atomic mass is 16.5. The molecule has 4 nitrogen and oxygen atoms in total. The molecule has 0 aromatic heterocycles. The van der Waals surface area contributed by atoms with Crippen molar-refractivity contribution in [2.24, 2.45) is 5.92 Å². The molecule has 152 valence electrons. The number of carbonyl (C=O) groups is 1. The molecule has 2 aliphatic rings. The third kappa shape index (κ3) is 3.76. The summed E-state index contributed by atoms with van der Waals surface area (Å²) in [4.78, 5) is 13.3. The van der Waals surface area contributed by atoms with Crippen molar-refractivity contribution in [3.8, 4) is 5.75 Å². The molecule has 4 heteroatoms. The Morgan fingerprint density at radius 3 is 2.52 bits per heavy atom. The molecule has 29 heavy (non-hydrogen) atoms. The standard InChI is InChI=1S/C25H29NO3/c1-24(2,3)18-9-10-20-21(13-25(4,5)29-22(20)12-18)16-7-6-8-19(11-16)26-14-17(15-26)23(27)28/h6-13,17H,14-15H2,1-5H3,(H,27,28). The van der Waals surface area contributed by atoms with E-state index >= 15 is 0 Å². The number of anilines is 1. The zero-order valence-corrected chi connectivity index (χ0v) is 17.8. The second-order valence-corrected chi connectivity index (χ2v) is 9.71.